The first-order chi connectivity index (χ1) is 7.74. The van der Waals surface area contributed by atoms with E-state index < -0.39 is 6.09 Å². The Kier molecular flexibility index (Phi) is 4.92. The average Bonchev–Trinajstić information content (AvgIpc) is 2.30. The van der Waals surface area contributed by atoms with Crippen LogP contribution in [0.1, 0.15) is 12.5 Å². The molecular weight excluding hydrogens is 206 g/mol. The van der Waals surface area contributed by atoms with Crippen LogP contribution in [0.4, 0.5) is 4.79 Å². The lowest BCUT2D eigenvalue weighted by Gasteiger charge is -2.10. The van der Waals surface area contributed by atoms with Gasteiger partial charge in [-0.15, -0.1) is 0 Å². The van der Waals surface area contributed by atoms with E-state index in [1.54, 1.807) is 6.92 Å². The Bertz CT molecular complexity index is 374. The van der Waals surface area contributed by atoms with E-state index >= 15 is 0 Å². The van der Waals surface area contributed by atoms with Crippen LogP contribution in [0.15, 0.2) is 30.3 Å². The Balaban J connectivity index is 0.000000187. The van der Waals surface area contributed by atoms with Crippen LogP contribution in [0.25, 0.3) is 6.08 Å². The summed E-state index contributed by atoms with van der Waals surface area (Å²) in [5.74, 6) is 0.991. The van der Waals surface area contributed by atoms with Gasteiger partial charge in [0.25, 0.3) is 0 Å². The Morgan fingerprint density at radius 2 is 2.25 bits per heavy atom. The summed E-state index contributed by atoms with van der Waals surface area (Å²) in [4.78, 5) is 9.60. The van der Waals surface area contributed by atoms with Gasteiger partial charge in [-0.25, -0.2) is 4.79 Å². The Morgan fingerprint density at radius 1 is 1.50 bits per heavy atom. The molecule has 1 aliphatic heterocycles. The van der Waals surface area contributed by atoms with Gasteiger partial charge >= 0.3 is 6.09 Å². The molecular formula is C12H15NO3. The highest BCUT2D eigenvalue weighted by molar-refractivity contribution is 5.64. The van der Waals surface area contributed by atoms with Crippen molar-refractivity contribution in [2.45, 2.75) is 6.92 Å². The molecule has 0 spiro atoms. The van der Waals surface area contributed by atoms with Crippen molar-refractivity contribution in [3.05, 3.63) is 35.9 Å². The third-order valence-corrected chi connectivity index (χ3v) is 1.84. The summed E-state index contributed by atoms with van der Waals surface area (Å²) in [7, 11) is 0. The number of rotatable bonds is 1. The van der Waals surface area contributed by atoms with Gasteiger partial charge in [0, 0.05) is 5.56 Å². The van der Waals surface area contributed by atoms with Crippen LogP contribution < -0.4 is 10.5 Å². The monoisotopic (exact) mass is 221 g/mol. The highest BCUT2D eigenvalue weighted by Gasteiger charge is 2.01. The summed E-state index contributed by atoms with van der Waals surface area (Å²) in [5, 5.41) is 0. The second-order valence-corrected chi connectivity index (χ2v) is 3.00. The number of benzene rings is 1. The third kappa shape index (κ3) is 4.04. The first-order valence-corrected chi connectivity index (χ1v) is 5.04. The fourth-order valence-corrected chi connectivity index (χ4v) is 1.20. The molecule has 0 saturated carbocycles. The molecule has 0 aromatic heterocycles. The van der Waals surface area contributed by atoms with Crippen LogP contribution in [-0.4, -0.2) is 19.3 Å². The highest BCUT2D eigenvalue weighted by Crippen LogP contribution is 2.21. The fraction of sp³-hybridized carbons (Fsp3) is 0.250. The molecule has 0 unspecified atom stereocenters. The van der Waals surface area contributed by atoms with Crippen LogP contribution in [-0.2, 0) is 4.74 Å². The second kappa shape index (κ2) is 6.50. The molecule has 4 heteroatoms. The van der Waals surface area contributed by atoms with E-state index in [2.05, 4.69) is 16.5 Å². The maximum absolute atomic E-state index is 9.60. The first kappa shape index (κ1) is 12.1. The summed E-state index contributed by atoms with van der Waals surface area (Å²) < 4.78 is 9.52. The van der Waals surface area contributed by atoms with Crippen molar-refractivity contribution < 1.29 is 14.3 Å². The van der Waals surface area contributed by atoms with Gasteiger partial charge in [0.05, 0.1) is 6.61 Å². The third-order valence-electron chi connectivity index (χ3n) is 1.84. The van der Waals surface area contributed by atoms with Gasteiger partial charge < -0.3 is 15.2 Å². The molecule has 1 aromatic carbocycles. The molecule has 0 aliphatic carbocycles. The van der Waals surface area contributed by atoms with Crippen molar-refractivity contribution in [3.63, 3.8) is 0 Å². The lowest BCUT2D eigenvalue weighted by molar-refractivity contribution is 0.163. The van der Waals surface area contributed by atoms with Gasteiger partial charge in [-0.1, -0.05) is 24.3 Å². The van der Waals surface area contributed by atoms with Crippen molar-refractivity contribution in [1.29, 1.82) is 0 Å². The number of ether oxygens (including phenoxy) is 2. The van der Waals surface area contributed by atoms with E-state index in [1.165, 1.54) is 5.56 Å². The number of amides is 1. The van der Waals surface area contributed by atoms with E-state index in [0.717, 1.165) is 5.75 Å². The number of primary amides is 1. The van der Waals surface area contributed by atoms with E-state index in [9.17, 15) is 4.79 Å². The van der Waals surface area contributed by atoms with E-state index in [4.69, 9.17) is 4.74 Å². The molecule has 2 N–H and O–H groups in total. The summed E-state index contributed by atoms with van der Waals surface area (Å²) in [6, 6.07) is 8.03. The topological polar surface area (TPSA) is 61.6 Å². The molecule has 1 aliphatic rings. The van der Waals surface area contributed by atoms with Crippen LogP contribution in [0.2, 0.25) is 0 Å². The predicted molar refractivity (Wildman–Crippen MR) is 62.2 cm³/mol. The number of carbonyl (C=O) groups is 1. The molecule has 16 heavy (non-hydrogen) atoms. The number of hydrogen-bond acceptors (Lipinski definition) is 3. The Morgan fingerprint density at radius 3 is 2.81 bits per heavy atom. The molecule has 0 atom stereocenters. The molecule has 4 nitrogen and oxygen atoms in total. The SMILES string of the molecule is C1=Cc2ccccc2OC1.CCOC(N)=O. The molecule has 1 amide bonds. The zero-order valence-corrected chi connectivity index (χ0v) is 9.18. The Hall–Kier alpha value is -1.97. The molecule has 86 valence electrons. The average molecular weight is 221 g/mol. The molecule has 1 heterocycles. The minimum Gasteiger partial charge on any atom is -0.489 e. The van der Waals surface area contributed by atoms with Crippen LogP contribution in [0.5, 0.6) is 5.75 Å². The number of para-hydroxylation sites is 1. The van der Waals surface area contributed by atoms with Crippen LogP contribution in [0.3, 0.4) is 0 Å². The van der Waals surface area contributed by atoms with E-state index in [1.807, 2.05) is 30.3 Å². The normalized spacial score (nSPS) is 11.6. The van der Waals surface area contributed by atoms with Crippen molar-refractivity contribution in [2.24, 2.45) is 5.73 Å². The van der Waals surface area contributed by atoms with E-state index in [-0.39, 0.29) is 0 Å². The van der Waals surface area contributed by atoms with Gasteiger partial charge in [-0.2, -0.15) is 0 Å². The van der Waals surface area contributed by atoms with Crippen molar-refractivity contribution >= 4 is 12.2 Å². The first-order valence-electron chi connectivity index (χ1n) is 5.04. The smallest absolute Gasteiger partial charge is 0.404 e. The summed E-state index contributed by atoms with van der Waals surface area (Å²) in [6.07, 6.45) is 3.39. The summed E-state index contributed by atoms with van der Waals surface area (Å²) in [6.45, 7) is 2.76. The quantitative estimate of drug-likeness (QED) is 0.790. The molecule has 0 fully saturated rings. The summed E-state index contributed by atoms with van der Waals surface area (Å²) in [5.41, 5.74) is 5.72. The lowest BCUT2D eigenvalue weighted by atomic mass is 10.1. The zero-order valence-electron chi connectivity index (χ0n) is 9.18. The lowest BCUT2D eigenvalue weighted by Crippen LogP contribution is -2.11. The maximum Gasteiger partial charge on any atom is 0.404 e. The minimum absolute atomic E-state index is 0.356. The molecule has 0 bridgehead atoms. The zero-order chi connectivity index (χ0) is 11.8. The Labute approximate surface area is 94.7 Å². The standard InChI is InChI=1S/C9H8O.C3H7NO2/c1-2-6-9-8(4-1)5-3-7-10-9;1-2-6-3(4)5/h1-6H,7H2;2H2,1H3,(H2,4,5). The maximum atomic E-state index is 9.60. The van der Waals surface area contributed by atoms with Gasteiger partial charge in [-0.3, -0.25) is 0 Å². The molecule has 2 rings (SSSR count). The highest BCUT2D eigenvalue weighted by atomic mass is 16.5. The number of fused-ring (bicyclic) bond motifs is 1. The number of hydrogen-bond donors (Lipinski definition) is 1. The van der Waals surface area contributed by atoms with Crippen LogP contribution >= 0.6 is 0 Å². The molecule has 0 saturated heterocycles. The van der Waals surface area contributed by atoms with Gasteiger partial charge in [0.1, 0.15) is 12.4 Å². The van der Waals surface area contributed by atoms with E-state index in [0.29, 0.717) is 13.2 Å². The molecule has 0 radical (unpaired) electrons. The van der Waals surface area contributed by atoms with Gasteiger partial charge in [0.15, 0.2) is 0 Å². The fourth-order valence-electron chi connectivity index (χ4n) is 1.20. The number of nitrogens with two attached hydrogens (primary N) is 1. The number of carbonyl (C=O) groups excluding carboxylic acids is 1. The largest absolute Gasteiger partial charge is 0.489 e. The van der Waals surface area contributed by atoms with Crippen LogP contribution in [0, 0.1) is 0 Å². The molecule has 1 aromatic rings. The summed E-state index contributed by atoms with van der Waals surface area (Å²) >= 11 is 0. The van der Waals surface area contributed by atoms with Crippen molar-refractivity contribution in [3.8, 4) is 5.75 Å². The van der Waals surface area contributed by atoms with Crippen molar-refractivity contribution in [2.75, 3.05) is 13.2 Å². The predicted octanol–water partition coefficient (Wildman–Crippen LogP) is 2.19. The van der Waals surface area contributed by atoms with Gasteiger partial charge in [-0.05, 0) is 19.1 Å². The van der Waals surface area contributed by atoms with Crippen molar-refractivity contribution in [1.82, 2.24) is 0 Å². The second-order valence-electron chi connectivity index (χ2n) is 3.00. The minimum atomic E-state index is -0.711. The van der Waals surface area contributed by atoms with Gasteiger partial charge in [0.2, 0.25) is 0 Å².